The van der Waals surface area contributed by atoms with Gasteiger partial charge >= 0.3 is 0 Å². The fraction of sp³-hybridized carbons (Fsp3) is 0.0909. The zero-order valence-corrected chi connectivity index (χ0v) is 15.9. The third-order valence-electron chi connectivity index (χ3n) is 5.12. The van der Waals surface area contributed by atoms with E-state index in [9.17, 15) is 10.1 Å². The Kier molecular flexibility index (Phi) is 4.23. The van der Waals surface area contributed by atoms with E-state index in [2.05, 4.69) is 11.5 Å². The monoisotopic (exact) mass is 405 g/mol. The van der Waals surface area contributed by atoms with Gasteiger partial charge in [0.05, 0.1) is 16.7 Å². The molecule has 0 amide bonds. The predicted octanol–water partition coefficient (Wildman–Crippen LogP) is 5.24. The highest BCUT2D eigenvalue weighted by Gasteiger charge is 2.40. The Balaban J connectivity index is 1.57. The number of nitrogens with zero attached hydrogens (tertiary/aromatic N) is 2. The Bertz CT molecular complexity index is 1130. The number of benzene rings is 3. The number of hydrogen-bond acceptors (Lipinski definition) is 5. The summed E-state index contributed by atoms with van der Waals surface area (Å²) in [6.45, 7) is 0. The Labute approximate surface area is 172 Å². The van der Waals surface area contributed by atoms with Crippen LogP contribution in [0.3, 0.4) is 0 Å². The Hall–Kier alpha value is -3.35. The predicted molar refractivity (Wildman–Crippen MR) is 110 cm³/mol. The molecule has 0 spiro atoms. The number of nitro groups is 1. The number of nitrogens with one attached hydrogen (secondary N) is 1. The molecule has 3 aromatic carbocycles. The Morgan fingerprint density at radius 3 is 2.62 bits per heavy atom. The van der Waals surface area contributed by atoms with Gasteiger partial charge in [-0.1, -0.05) is 54.1 Å². The highest BCUT2D eigenvalue weighted by molar-refractivity contribution is 6.30. The van der Waals surface area contributed by atoms with E-state index in [1.807, 2.05) is 59.6 Å². The summed E-state index contributed by atoms with van der Waals surface area (Å²) in [4.78, 5) is 10.8. The maximum atomic E-state index is 11.2. The Morgan fingerprint density at radius 1 is 1.03 bits per heavy atom. The third-order valence-corrected chi connectivity index (χ3v) is 5.38. The molecule has 6 nitrogen and oxygen atoms in total. The molecule has 0 bridgehead atoms. The van der Waals surface area contributed by atoms with Crippen LogP contribution < -0.4 is 10.2 Å². The molecule has 144 valence electrons. The van der Waals surface area contributed by atoms with E-state index in [0.29, 0.717) is 10.6 Å². The van der Waals surface area contributed by atoms with Gasteiger partial charge in [0.25, 0.3) is 5.69 Å². The molecule has 0 saturated heterocycles. The standard InChI is InChI=1S/C22H16ClN3O3/c23-16-10-8-14(9-11-16)19-13-20-18-6-1-2-7-21(18)29-22(25(20)24-19)15-4-3-5-17(12-15)26(27)28/h1-13,20,22,24H/t20-,22+/m1/s1. The lowest BCUT2D eigenvalue weighted by atomic mass is 10.0. The van der Waals surface area contributed by atoms with Crippen LogP contribution in [0.15, 0.2) is 78.9 Å². The molecular formula is C22H16ClN3O3. The first-order valence-electron chi connectivity index (χ1n) is 9.13. The number of ether oxygens (including phenoxy) is 1. The number of nitro benzene ring substituents is 1. The van der Waals surface area contributed by atoms with Crippen molar-refractivity contribution in [3.8, 4) is 5.75 Å². The molecule has 5 rings (SSSR count). The van der Waals surface area contributed by atoms with Gasteiger partial charge in [0.1, 0.15) is 5.75 Å². The van der Waals surface area contributed by atoms with Crippen molar-refractivity contribution in [1.29, 1.82) is 0 Å². The van der Waals surface area contributed by atoms with Crippen molar-refractivity contribution in [2.24, 2.45) is 0 Å². The number of fused-ring (bicyclic) bond motifs is 3. The van der Waals surface area contributed by atoms with Crippen LogP contribution in [0.25, 0.3) is 5.70 Å². The molecule has 2 aliphatic heterocycles. The van der Waals surface area contributed by atoms with Crippen LogP contribution in [-0.2, 0) is 0 Å². The molecule has 0 unspecified atom stereocenters. The maximum absolute atomic E-state index is 11.2. The fourth-order valence-electron chi connectivity index (χ4n) is 3.75. The van der Waals surface area contributed by atoms with Crippen molar-refractivity contribution < 1.29 is 9.66 Å². The van der Waals surface area contributed by atoms with Gasteiger partial charge in [-0.25, -0.2) is 0 Å². The largest absolute Gasteiger partial charge is 0.469 e. The minimum Gasteiger partial charge on any atom is -0.469 e. The van der Waals surface area contributed by atoms with E-state index in [-0.39, 0.29) is 11.7 Å². The molecular weight excluding hydrogens is 390 g/mol. The smallest absolute Gasteiger partial charge is 0.269 e. The summed E-state index contributed by atoms with van der Waals surface area (Å²) in [6.07, 6.45) is 1.62. The van der Waals surface area contributed by atoms with Crippen molar-refractivity contribution in [3.05, 3.63) is 111 Å². The summed E-state index contributed by atoms with van der Waals surface area (Å²) in [6, 6.07) is 21.9. The van der Waals surface area contributed by atoms with Crippen molar-refractivity contribution in [2.45, 2.75) is 12.3 Å². The van der Waals surface area contributed by atoms with Crippen molar-refractivity contribution >= 4 is 23.0 Å². The van der Waals surface area contributed by atoms with Crippen LogP contribution in [0, 0.1) is 10.1 Å². The summed E-state index contributed by atoms with van der Waals surface area (Å²) in [5, 5.41) is 13.9. The lowest BCUT2D eigenvalue weighted by Crippen LogP contribution is -2.43. The average molecular weight is 406 g/mol. The van der Waals surface area contributed by atoms with Gasteiger partial charge in [-0.2, -0.15) is 5.01 Å². The zero-order valence-electron chi connectivity index (χ0n) is 15.2. The van der Waals surface area contributed by atoms with E-state index in [0.717, 1.165) is 22.6 Å². The normalized spacial score (nSPS) is 20.1. The number of rotatable bonds is 3. The summed E-state index contributed by atoms with van der Waals surface area (Å²) in [7, 11) is 0. The van der Waals surface area contributed by atoms with Crippen molar-refractivity contribution in [1.82, 2.24) is 10.4 Å². The van der Waals surface area contributed by atoms with E-state index in [4.69, 9.17) is 16.3 Å². The molecule has 0 aromatic heterocycles. The van der Waals surface area contributed by atoms with Gasteiger partial charge < -0.3 is 10.2 Å². The highest BCUT2D eigenvalue weighted by atomic mass is 35.5. The number of halogens is 1. The average Bonchev–Trinajstić information content (AvgIpc) is 3.19. The van der Waals surface area contributed by atoms with Crippen LogP contribution in [-0.4, -0.2) is 9.93 Å². The third kappa shape index (κ3) is 3.12. The summed E-state index contributed by atoms with van der Waals surface area (Å²) in [5.41, 5.74) is 7.13. The van der Waals surface area contributed by atoms with E-state index in [1.165, 1.54) is 6.07 Å². The molecule has 0 aliphatic carbocycles. The number of para-hydroxylation sites is 1. The lowest BCUT2D eigenvalue weighted by Gasteiger charge is -2.38. The second-order valence-corrected chi connectivity index (χ2v) is 7.35. The quantitative estimate of drug-likeness (QED) is 0.476. The van der Waals surface area contributed by atoms with Gasteiger partial charge in [0.2, 0.25) is 0 Å². The number of hydrogen-bond donors (Lipinski definition) is 1. The molecule has 29 heavy (non-hydrogen) atoms. The first kappa shape index (κ1) is 17.7. The minimum absolute atomic E-state index is 0.0339. The van der Waals surface area contributed by atoms with Crippen LogP contribution in [0.5, 0.6) is 5.75 Å². The van der Waals surface area contributed by atoms with Gasteiger partial charge in [-0.15, -0.1) is 0 Å². The number of hydrazine groups is 1. The molecule has 7 heteroatoms. The van der Waals surface area contributed by atoms with E-state index < -0.39 is 11.2 Å². The summed E-state index contributed by atoms with van der Waals surface area (Å²) >= 11 is 6.03. The van der Waals surface area contributed by atoms with Crippen molar-refractivity contribution in [2.75, 3.05) is 0 Å². The first-order valence-corrected chi connectivity index (χ1v) is 9.50. The van der Waals surface area contributed by atoms with Gasteiger partial charge in [-0.05, 0) is 29.8 Å². The molecule has 3 aromatic rings. The van der Waals surface area contributed by atoms with Crippen molar-refractivity contribution in [3.63, 3.8) is 0 Å². The SMILES string of the molecule is O=[N+]([O-])c1cccc([C@@H]2Oc3ccccc3[C@H]3C=C(c4ccc(Cl)cc4)NN32)c1. The van der Waals surface area contributed by atoms with E-state index in [1.54, 1.807) is 12.1 Å². The second-order valence-electron chi connectivity index (χ2n) is 6.91. The molecule has 0 fully saturated rings. The van der Waals surface area contributed by atoms with Gasteiger partial charge in [0, 0.05) is 28.3 Å². The first-order chi connectivity index (χ1) is 14.1. The van der Waals surface area contributed by atoms with Crippen LogP contribution in [0.4, 0.5) is 5.69 Å². The number of non-ortho nitro benzene ring substituents is 1. The maximum Gasteiger partial charge on any atom is 0.269 e. The highest BCUT2D eigenvalue weighted by Crippen LogP contribution is 2.46. The lowest BCUT2D eigenvalue weighted by molar-refractivity contribution is -0.385. The summed E-state index contributed by atoms with van der Waals surface area (Å²) < 4.78 is 6.26. The molecule has 0 radical (unpaired) electrons. The summed E-state index contributed by atoms with van der Waals surface area (Å²) in [5.74, 6) is 0.765. The molecule has 2 atom stereocenters. The molecule has 2 heterocycles. The topological polar surface area (TPSA) is 67.6 Å². The second kappa shape index (κ2) is 6.92. The van der Waals surface area contributed by atoms with Crippen LogP contribution in [0.1, 0.15) is 29.0 Å². The fourth-order valence-corrected chi connectivity index (χ4v) is 3.87. The van der Waals surface area contributed by atoms with Crippen LogP contribution in [0.2, 0.25) is 5.02 Å². The van der Waals surface area contributed by atoms with Gasteiger partial charge in [-0.3, -0.25) is 10.1 Å². The Morgan fingerprint density at radius 2 is 1.83 bits per heavy atom. The molecule has 1 N–H and O–H groups in total. The molecule has 2 aliphatic rings. The zero-order chi connectivity index (χ0) is 20.0. The minimum atomic E-state index is -0.518. The van der Waals surface area contributed by atoms with Gasteiger partial charge in [0.15, 0.2) is 6.23 Å². The van der Waals surface area contributed by atoms with E-state index >= 15 is 0 Å². The molecule has 0 saturated carbocycles. The van der Waals surface area contributed by atoms with Crippen LogP contribution >= 0.6 is 11.6 Å².